The van der Waals surface area contributed by atoms with Gasteiger partial charge in [-0.15, -0.1) is 0 Å². The Morgan fingerprint density at radius 1 is 1.16 bits per heavy atom. The van der Waals surface area contributed by atoms with E-state index >= 15 is 0 Å². The van der Waals surface area contributed by atoms with Crippen LogP contribution in [0.3, 0.4) is 0 Å². The predicted molar refractivity (Wildman–Crippen MR) is 115 cm³/mol. The van der Waals surface area contributed by atoms with E-state index in [0.29, 0.717) is 30.3 Å². The lowest BCUT2D eigenvalue weighted by Crippen LogP contribution is -2.39. The summed E-state index contributed by atoms with van der Waals surface area (Å²) in [4.78, 5) is 37.9. The second-order valence-corrected chi connectivity index (χ2v) is 8.19. The number of anilines is 2. The van der Waals surface area contributed by atoms with Crippen LogP contribution in [0.2, 0.25) is 0 Å². The second-order valence-electron chi connectivity index (χ2n) is 8.19. The molecule has 31 heavy (non-hydrogen) atoms. The molecule has 3 heterocycles. The summed E-state index contributed by atoms with van der Waals surface area (Å²) in [7, 11) is 0. The van der Waals surface area contributed by atoms with Crippen LogP contribution >= 0.6 is 0 Å². The fourth-order valence-corrected chi connectivity index (χ4v) is 4.25. The van der Waals surface area contributed by atoms with Crippen molar-refractivity contribution in [1.29, 1.82) is 0 Å². The summed E-state index contributed by atoms with van der Waals surface area (Å²) in [5.74, 6) is 0.391. The normalized spacial score (nSPS) is 21.6. The first kappa shape index (κ1) is 21.1. The van der Waals surface area contributed by atoms with Crippen LogP contribution in [0, 0.1) is 5.82 Å². The number of carbonyl (C=O) groups excluding carboxylic acids is 2. The van der Waals surface area contributed by atoms with E-state index in [2.05, 4.69) is 25.6 Å². The van der Waals surface area contributed by atoms with Crippen molar-refractivity contribution in [3.05, 3.63) is 30.3 Å². The van der Waals surface area contributed by atoms with Crippen LogP contribution in [-0.4, -0.2) is 45.4 Å². The minimum Gasteiger partial charge on any atom is -0.354 e. The smallest absolute Gasteiger partial charge is 0.228 e. The zero-order valence-electron chi connectivity index (χ0n) is 17.6. The molecule has 2 aromatic rings. The minimum atomic E-state index is -0.526. The van der Waals surface area contributed by atoms with Crippen molar-refractivity contribution in [1.82, 2.24) is 20.3 Å². The Kier molecular flexibility index (Phi) is 6.39. The number of rotatable bonds is 5. The molecule has 0 atom stereocenters. The summed E-state index contributed by atoms with van der Waals surface area (Å²) in [6.07, 6.45) is 8.56. The molecule has 1 saturated carbocycles. The summed E-state index contributed by atoms with van der Waals surface area (Å²) < 4.78 is 14.6. The first-order chi connectivity index (χ1) is 15.0. The average molecular weight is 426 g/mol. The lowest BCUT2D eigenvalue weighted by molar-refractivity contribution is -0.120. The second kappa shape index (κ2) is 9.36. The SMILES string of the molecule is CC(=O)NC1CCC(Nc2ncc(F)c(-c3ccnc(N4CCCCC4=O)c3)n2)CC1. The van der Waals surface area contributed by atoms with Crippen molar-refractivity contribution in [3.63, 3.8) is 0 Å². The van der Waals surface area contributed by atoms with Gasteiger partial charge in [-0.2, -0.15) is 0 Å². The van der Waals surface area contributed by atoms with Crippen molar-refractivity contribution in [3.8, 4) is 11.3 Å². The summed E-state index contributed by atoms with van der Waals surface area (Å²) in [6.45, 7) is 2.15. The molecule has 0 bridgehead atoms. The Morgan fingerprint density at radius 2 is 1.94 bits per heavy atom. The molecule has 1 aliphatic carbocycles. The van der Waals surface area contributed by atoms with E-state index in [1.54, 1.807) is 23.2 Å². The van der Waals surface area contributed by atoms with Crippen LogP contribution in [0.15, 0.2) is 24.5 Å². The van der Waals surface area contributed by atoms with Gasteiger partial charge in [-0.1, -0.05) is 0 Å². The number of hydrogen-bond acceptors (Lipinski definition) is 6. The third kappa shape index (κ3) is 5.15. The Balaban J connectivity index is 1.48. The van der Waals surface area contributed by atoms with Gasteiger partial charge in [0.05, 0.1) is 6.20 Å². The average Bonchev–Trinajstić information content (AvgIpc) is 2.76. The highest BCUT2D eigenvalue weighted by Gasteiger charge is 2.24. The molecule has 2 N–H and O–H groups in total. The quantitative estimate of drug-likeness (QED) is 0.762. The molecule has 2 amide bonds. The first-order valence-corrected chi connectivity index (χ1v) is 10.8. The van der Waals surface area contributed by atoms with E-state index in [4.69, 9.17) is 0 Å². The number of pyridine rings is 1. The van der Waals surface area contributed by atoms with Gasteiger partial charge in [0.1, 0.15) is 11.5 Å². The molecule has 0 radical (unpaired) electrons. The van der Waals surface area contributed by atoms with Crippen molar-refractivity contribution in [2.45, 2.75) is 64.0 Å². The Morgan fingerprint density at radius 3 is 2.68 bits per heavy atom. The molecule has 164 valence electrons. The summed E-state index contributed by atoms with van der Waals surface area (Å²) in [5.41, 5.74) is 0.734. The van der Waals surface area contributed by atoms with E-state index < -0.39 is 5.82 Å². The standard InChI is InChI=1S/C22H27FN6O2/c1-14(30)26-16-5-7-17(8-6-16)27-22-25-13-18(23)21(28-22)15-9-10-24-19(12-15)29-11-3-2-4-20(29)31/h9-10,12-13,16-17H,2-8,11H2,1H3,(H,26,30)(H,25,27,28). The van der Waals surface area contributed by atoms with E-state index in [1.165, 1.54) is 13.1 Å². The van der Waals surface area contributed by atoms with Gasteiger partial charge >= 0.3 is 0 Å². The van der Waals surface area contributed by atoms with Crippen molar-refractivity contribution >= 4 is 23.6 Å². The van der Waals surface area contributed by atoms with E-state index in [0.717, 1.165) is 38.5 Å². The fourth-order valence-electron chi connectivity index (χ4n) is 4.25. The molecule has 1 saturated heterocycles. The van der Waals surface area contributed by atoms with E-state index in [-0.39, 0.29) is 29.6 Å². The number of aromatic nitrogens is 3. The van der Waals surface area contributed by atoms with Crippen molar-refractivity contribution < 1.29 is 14.0 Å². The van der Waals surface area contributed by atoms with Gasteiger partial charge in [0.2, 0.25) is 17.8 Å². The molecule has 0 unspecified atom stereocenters. The maximum Gasteiger partial charge on any atom is 0.228 e. The molecule has 9 heteroatoms. The molecule has 0 spiro atoms. The minimum absolute atomic E-state index is 0.00843. The van der Waals surface area contributed by atoms with Crippen molar-refractivity contribution in [2.75, 3.05) is 16.8 Å². The Labute approximate surface area is 180 Å². The molecule has 4 rings (SSSR count). The summed E-state index contributed by atoms with van der Waals surface area (Å²) >= 11 is 0. The molecule has 2 aromatic heterocycles. The number of amides is 2. The van der Waals surface area contributed by atoms with Crippen LogP contribution in [0.1, 0.15) is 51.9 Å². The van der Waals surface area contributed by atoms with Crippen LogP contribution in [0.25, 0.3) is 11.3 Å². The van der Waals surface area contributed by atoms with Crippen molar-refractivity contribution in [2.24, 2.45) is 0 Å². The maximum absolute atomic E-state index is 14.6. The Hall–Kier alpha value is -3.10. The highest BCUT2D eigenvalue weighted by atomic mass is 19.1. The van der Waals surface area contributed by atoms with Crippen LogP contribution in [-0.2, 0) is 9.59 Å². The highest BCUT2D eigenvalue weighted by molar-refractivity contribution is 5.93. The van der Waals surface area contributed by atoms with Gasteiger partial charge in [-0.25, -0.2) is 19.3 Å². The van der Waals surface area contributed by atoms with Crippen LogP contribution in [0.5, 0.6) is 0 Å². The van der Waals surface area contributed by atoms with Gasteiger partial charge in [0.15, 0.2) is 5.82 Å². The number of hydrogen-bond donors (Lipinski definition) is 2. The number of nitrogens with zero attached hydrogens (tertiary/aromatic N) is 4. The van der Waals surface area contributed by atoms with Crippen LogP contribution in [0.4, 0.5) is 16.2 Å². The molecule has 1 aliphatic heterocycles. The zero-order valence-corrected chi connectivity index (χ0v) is 17.6. The van der Waals surface area contributed by atoms with Crippen LogP contribution < -0.4 is 15.5 Å². The van der Waals surface area contributed by atoms with E-state index in [9.17, 15) is 14.0 Å². The predicted octanol–water partition coefficient (Wildman–Crippen LogP) is 3.05. The maximum atomic E-state index is 14.6. The zero-order chi connectivity index (χ0) is 21.8. The lowest BCUT2D eigenvalue weighted by Gasteiger charge is -2.29. The largest absolute Gasteiger partial charge is 0.354 e. The van der Waals surface area contributed by atoms with Gasteiger partial charge < -0.3 is 10.6 Å². The van der Waals surface area contributed by atoms with Gasteiger partial charge in [-0.3, -0.25) is 14.5 Å². The van der Waals surface area contributed by atoms with Gasteiger partial charge in [0, 0.05) is 43.7 Å². The molecule has 8 nitrogen and oxygen atoms in total. The molecule has 0 aromatic carbocycles. The van der Waals surface area contributed by atoms with E-state index in [1.807, 2.05) is 0 Å². The first-order valence-electron chi connectivity index (χ1n) is 10.8. The monoisotopic (exact) mass is 426 g/mol. The molecular weight excluding hydrogens is 399 g/mol. The third-order valence-electron chi connectivity index (χ3n) is 5.83. The number of piperidine rings is 1. The molecule has 2 aliphatic rings. The number of nitrogens with one attached hydrogen (secondary N) is 2. The fraction of sp³-hybridized carbons (Fsp3) is 0.500. The highest BCUT2D eigenvalue weighted by Crippen LogP contribution is 2.27. The number of halogens is 1. The molecule has 2 fully saturated rings. The summed E-state index contributed by atoms with van der Waals surface area (Å²) in [5, 5.41) is 6.25. The van der Waals surface area contributed by atoms with Gasteiger partial charge in [-0.05, 0) is 50.7 Å². The molecular formula is C22H27FN6O2. The third-order valence-corrected chi connectivity index (χ3v) is 5.83. The number of carbonyl (C=O) groups is 2. The summed E-state index contributed by atoms with van der Waals surface area (Å²) in [6, 6.07) is 3.76. The van der Waals surface area contributed by atoms with Gasteiger partial charge in [0.25, 0.3) is 0 Å². The Bertz CT molecular complexity index is 961. The lowest BCUT2D eigenvalue weighted by atomic mass is 9.91. The topological polar surface area (TPSA) is 100 Å².